The Morgan fingerprint density at radius 2 is 2.15 bits per heavy atom. The van der Waals surface area contributed by atoms with E-state index in [2.05, 4.69) is 17.0 Å². The summed E-state index contributed by atoms with van der Waals surface area (Å²) in [6.07, 6.45) is 0. The molecule has 0 aliphatic rings. The minimum absolute atomic E-state index is 0.0382. The summed E-state index contributed by atoms with van der Waals surface area (Å²) in [5.74, 6) is 0.618. The van der Waals surface area contributed by atoms with E-state index in [0.29, 0.717) is 24.0 Å². The van der Waals surface area contributed by atoms with Crippen LogP contribution in [0.1, 0.15) is 18.1 Å². The van der Waals surface area contributed by atoms with E-state index in [0.717, 1.165) is 12.1 Å². The van der Waals surface area contributed by atoms with Gasteiger partial charge in [0, 0.05) is 19.7 Å². The SMILES string of the molecule is COCC(C)N(C)Cc1ccc(OC)c(C(N)=NO)c1. The molecule has 0 amide bonds. The molecule has 0 bridgehead atoms. The lowest BCUT2D eigenvalue weighted by Gasteiger charge is -2.24. The van der Waals surface area contributed by atoms with Gasteiger partial charge in [-0.1, -0.05) is 11.2 Å². The number of rotatable bonds is 7. The average molecular weight is 281 g/mol. The Balaban J connectivity index is 2.92. The van der Waals surface area contributed by atoms with Gasteiger partial charge in [0.2, 0.25) is 0 Å². The summed E-state index contributed by atoms with van der Waals surface area (Å²) in [7, 11) is 5.27. The maximum atomic E-state index is 8.82. The summed E-state index contributed by atoms with van der Waals surface area (Å²) >= 11 is 0. The molecule has 1 aromatic rings. The predicted molar refractivity (Wildman–Crippen MR) is 78.3 cm³/mol. The first-order valence-electron chi connectivity index (χ1n) is 6.37. The summed E-state index contributed by atoms with van der Waals surface area (Å²) in [6, 6.07) is 5.94. The molecule has 6 heteroatoms. The third kappa shape index (κ3) is 4.11. The Labute approximate surface area is 119 Å². The van der Waals surface area contributed by atoms with Gasteiger partial charge in [0.15, 0.2) is 5.84 Å². The molecule has 0 heterocycles. The summed E-state index contributed by atoms with van der Waals surface area (Å²) in [5.41, 5.74) is 7.30. The summed E-state index contributed by atoms with van der Waals surface area (Å²) in [6.45, 7) is 3.50. The van der Waals surface area contributed by atoms with Crippen molar-refractivity contribution >= 4 is 5.84 Å². The zero-order valence-corrected chi connectivity index (χ0v) is 12.5. The molecular formula is C14H23N3O3. The van der Waals surface area contributed by atoms with Gasteiger partial charge in [0.25, 0.3) is 0 Å². The third-order valence-corrected chi connectivity index (χ3v) is 3.24. The molecule has 0 fully saturated rings. The number of hydrogen-bond acceptors (Lipinski definition) is 5. The van der Waals surface area contributed by atoms with Crippen LogP contribution in [0.25, 0.3) is 0 Å². The Morgan fingerprint density at radius 1 is 1.45 bits per heavy atom. The number of likely N-dealkylation sites (N-methyl/N-ethyl adjacent to an activating group) is 1. The lowest BCUT2D eigenvalue weighted by atomic mass is 10.1. The highest BCUT2D eigenvalue weighted by atomic mass is 16.5. The largest absolute Gasteiger partial charge is 0.496 e. The standard InChI is InChI=1S/C14H23N3O3/c1-10(9-19-3)17(2)8-11-5-6-13(20-4)12(7-11)14(15)16-18/h5-7,10,18H,8-9H2,1-4H3,(H2,15,16). The molecule has 0 saturated heterocycles. The van der Waals surface area contributed by atoms with Gasteiger partial charge in [-0.05, 0) is 31.7 Å². The first-order valence-corrected chi connectivity index (χ1v) is 6.37. The smallest absolute Gasteiger partial charge is 0.173 e. The molecule has 0 aliphatic carbocycles. The Hall–Kier alpha value is -1.79. The number of methoxy groups -OCH3 is 2. The first-order chi connectivity index (χ1) is 9.53. The fourth-order valence-corrected chi connectivity index (χ4v) is 1.92. The van der Waals surface area contributed by atoms with Crippen LogP contribution in [0.4, 0.5) is 0 Å². The average Bonchev–Trinajstić information content (AvgIpc) is 2.46. The molecule has 0 aromatic heterocycles. The predicted octanol–water partition coefficient (Wildman–Crippen LogP) is 1.26. The second kappa shape index (κ2) is 7.72. The Morgan fingerprint density at radius 3 is 2.70 bits per heavy atom. The molecule has 0 aliphatic heterocycles. The number of nitrogens with zero attached hydrogens (tertiary/aromatic N) is 2. The fourth-order valence-electron chi connectivity index (χ4n) is 1.92. The van der Waals surface area contributed by atoms with Crippen molar-refractivity contribution in [2.45, 2.75) is 19.5 Å². The van der Waals surface area contributed by atoms with Crippen molar-refractivity contribution in [3.8, 4) is 5.75 Å². The van der Waals surface area contributed by atoms with Crippen LogP contribution in [0.15, 0.2) is 23.4 Å². The van der Waals surface area contributed by atoms with Crippen molar-refractivity contribution in [2.75, 3.05) is 27.9 Å². The normalized spacial score (nSPS) is 13.6. The van der Waals surface area contributed by atoms with Gasteiger partial charge in [-0.2, -0.15) is 0 Å². The summed E-state index contributed by atoms with van der Waals surface area (Å²) < 4.78 is 10.4. The number of amidine groups is 1. The number of ether oxygens (including phenoxy) is 2. The van der Waals surface area contributed by atoms with Crippen LogP contribution in [0.5, 0.6) is 5.75 Å². The molecule has 20 heavy (non-hydrogen) atoms. The van der Waals surface area contributed by atoms with E-state index in [1.54, 1.807) is 14.2 Å². The third-order valence-electron chi connectivity index (χ3n) is 3.24. The highest BCUT2D eigenvalue weighted by Crippen LogP contribution is 2.20. The topological polar surface area (TPSA) is 80.3 Å². The maximum Gasteiger partial charge on any atom is 0.173 e. The number of nitrogens with two attached hydrogens (primary N) is 1. The molecule has 1 aromatic carbocycles. The van der Waals surface area contributed by atoms with Crippen molar-refractivity contribution in [1.29, 1.82) is 0 Å². The second-order valence-electron chi connectivity index (χ2n) is 4.74. The van der Waals surface area contributed by atoms with Crippen molar-refractivity contribution in [2.24, 2.45) is 10.9 Å². The van der Waals surface area contributed by atoms with E-state index in [4.69, 9.17) is 20.4 Å². The number of hydrogen-bond donors (Lipinski definition) is 2. The lowest BCUT2D eigenvalue weighted by Crippen LogP contribution is -2.32. The maximum absolute atomic E-state index is 8.82. The van der Waals surface area contributed by atoms with E-state index in [1.807, 2.05) is 25.2 Å². The molecule has 6 nitrogen and oxygen atoms in total. The zero-order chi connectivity index (χ0) is 15.1. The van der Waals surface area contributed by atoms with Gasteiger partial charge in [0.05, 0.1) is 19.3 Å². The van der Waals surface area contributed by atoms with Crippen LogP contribution >= 0.6 is 0 Å². The second-order valence-corrected chi connectivity index (χ2v) is 4.74. The molecule has 0 spiro atoms. The van der Waals surface area contributed by atoms with Crippen molar-refractivity contribution in [3.63, 3.8) is 0 Å². The number of benzene rings is 1. The van der Waals surface area contributed by atoms with Crippen LogP contribution in [-0.4, -0.2) is 49.9 Å². The van der Waals surface area contributed by atoms with Crippen molar-refractivity contribution in [3.05, 3.63) is 29.3 Å². The van der Waals surface area contributed by atoms with Crippen LogP contribution in [0, 0.1) is 0 Å². The lowest BCUT2D eigenvalue weighted by molar-refractivity contribution is 0.112. The monoisotopic (exact) mass is 281 g/mol. The summed E-state index contributed by atoms with van der Waals surface area (Å²) in [5, 5.41) is 11.9. The van der Waals surface area contributed by atoms with E-state index in [1.165, 1.54) is 0 Å². The summed E-state index contributed by atoms with van der Waals surface area (Å²) in [4.78, 5) is 2.17. The van der Waals surface area contributed by atoms with Crippen molar-refractivity contribution < 1.29 is 14.7 Å². The van der Waals surface area contributed by atoms with Crippen LogP contribution in [0.3, 0.4) is 0 Å². The molecule has 1 atom stereocenters. The van der Waals surface area contributed by atoms with Crippen LogP contribution < -0.4 is 10.5 Å². The van der Waals surface area contributed by atoms with Gasteiger partial charge in [-0.15, -0.1) is 0 Å². The first kappa shape index (κ1) is 16.3. The van der Waals surface area contributed by atoms with Gasteiger partial charge in [-0.25, -0.2) is 0 Å². The Kier molecular flexibility index (Phi) is 6.27. The molecule has 1 rings (SSSR count). The van der Waals surface area contributed by atoms with Gasteiger partial charge < -0.3 is 20.4 Å². The van der Waals surface area contributed by atoms with E-state index in [9.17, 15) is 0 Å². The van der Waals surface area contributed by atoms with Gasteiger partial charge in [0.1, 0.15) is 5.75 Å². The quantitative estimate of drug-likeness (QED) is 0.340. The van der Waals surface area contributed by atoms with Crippen LogP contribution in [0.2, 0.25) is 0 Å². The minimum atomic E-state index is 0.0382. The molecule has 1 unspecified atom stereocenters. The molecular weight excluding hydrogens is 258 g/mol. The molecule has 0 saturated carbocycles. The van der Waals surface area contributed by atoms with Gasteiger partial charge >= 0.3 is 0 Å². The molecule has 3 N–H and O–H groups in total. The highest BCUT2D eigenvalue weighted by molar-refractivity contribution is 5.99. The zero-order valence-electron chi connectivity index (χ0n) is 12.5. The minimum Gasteiger partial charge on any atom is -0.496 e. The van der Waals surface area contributed by atoms with Crippen molar-refractivity contribution in [1.82, 2.24) is 4.90 Å². The molecule has 112 valence electrons. The highest BCUT2D eigenvalue weighted by Gasteiger charge is 2.13. The number of oxime groups is 1. The molecule has 0 radical (unpaired) electrons. The van der Waals surface area contributed by atoms with Gasteiger partial charge in [-0.3, -0.25) is 4.90 Å². The fraction of sp³-hybridized carbons (Fsp3) is 0.500. The van der Waals surface area contributed by atoms with E-state index < -0.39 is 0 Å². The Bertz CT molecular complexity index is 463. The van der Waals surface area contributed by atoms with E-state index >= 15 is 0 Å². The van der Waals surface area contributed by atoms with Crippen LogP contribution in [-0.2, 0) is 11.3 Å². The van der Waals surface area contributed by atoms with E-state index in [-0.39, 0.29) is 5.84 Å².